The molecule has 0 bridgehead atoms. The quantitative estimate of drug-likeness (QED) is 0.827. The van der Waals surface area contributed by atoms with Crippen LogP contribution in [-0.4, -0.2) is 61.9 Å². The number of aromatic nitrogens is 2. The number of ether oxygens (including phenoxy) is 1. The summed E-state index contributed by atoms with van der Waals surface area (Å²) in [6.45, 7) is 5.64. The van der Waals surface area contributed by atoms with E-state index in [1.54, 1.807) is 0 Å². The van der Waals surface area contributed by atoms with Gasteiger partial charge in [0.1, 0.15) is 0 Å². The summed E-state index contributed by atoms with van der Waals surface area (Å²) in [5.41, 5.74) is 0. The number of hydrogen-bond acceptors (Lipinski definition) is 6. The first-order valence-electron chi connectivity index (χ1n) is 8.65. The molecule has 3 aliphatic rings. The van der Waals surface area contributed by atoms with Crippen LogP contribution in [-0.2, 0) is 4.74 Å². The van der Waals surface area contributed by atoms with Crippen molar-refractivity contribution in [2.24, 2.45) is 5.92 Å². The molecule has 0 spiro atoms. The van der Waals surface area contributed by atoms with Crippen LogP contribution in [0.15, 0.2) is 6.20 Å². The number of rotatable bonds is 2. The van der Waals surface area contributed by atoms with Crippen molar-refractivity contribution in [3.05, 3.63) is 12.0 Å². The fraction of sp³-hybridized carbons (Fsp3) is 0.750. The highest BCUT2D eigenvalue weighted by molar-refractivity contribution is 5.85. The van der Waals surface area contributed by atoms with Crippen LogP contribution in [0.25, 0.3) is 0 Å². The monoisotopic (exact) mass is 393 g/mol. The molecule has 6 nitrogen and oxygen atoms in total. The van der Waals surface area contributed by atoms with Crippen LogP contribution in [0.1, 0.15) is 19.3 Å². The Morgan fingerprint density at radius 1 is 1.12 bits per heavy atom. The summed E-state index contributed by atoms with van der Waals surface area (Å²) in [6, 6.07) is 0.624. The van der Waals surface area contributed by atoms with Gasteiger partial charge < -0.3 is 19.9 Å². The van der Waals surface area contributed by atoms with Crippen molar-refractivity contribution < 1.29 is 9.13 Å². The lowest BCUT2D eigenvalue weighted by atomic mass is 9.85. The van der Waals surface area contributed by atoms with Crippen molar-refractivity contribution >= 4 is 36.6 Å². The Bertz CT molecular complexity index is 561. The maximum Gasteiger partial charge on any atom is 0.227 e. The standard InChI is InChI=1S/C16H24FN5O.2ClH/c17-13-10-19-16(20-15(13)21-6-8-23-9-7-21)22-5-3-14-12(11-22)2-1-4-18-14;;/h10,12,14,18H,1-9,11H2;2*1H/t12-,14+;;/m1../s1. The average molecular weight is 394 g/mol. The van der Waals surface area contributed by atoms with Gasteiger partial charge in [-0.1, -0.05) is 0 Å². The summed E-state index contributed by atoms with van der Waals surface area (Å²) in [6.07, 6.45) is 4.92. The summed E-state index contributed by atoms with van der Waals surface area (Å²) in [7, 11) is 0. The van der Waals surface area contributed by atoms with Crippen molar-refractivity contribution in [1.29, 1.82) is 0 Å². The summed E-state index contributed by atoms with van der Waals surface area (Å²) in [5, 5.41) is 3.62. The predicted molar refractivity (Wildman–Crippen MR) is 101 cm³/mol. The van der Waals surface area contributed by atoms with Gasteiger partial charge in [-0.3, -0.25) is 0 Å². The minimum atomic E-state index is -0.343. The van der Waals surface area contributed by atoms with Crippen LogP contribution in [0.5, 0.6) is 0 Å². The van der Waals surface area contributed by atoms with E-state index < -0.39 is 0 Å². The van der Waals surface area contributed by atoms with E-state index in [1.807, 2.05) is 4.90 Å². The zero-order valence-electron chi connectivity index (χ0n) is 14.2. The summed E-state index contributed by atoms with van der Waals surface area (Å²) in [4.78, 5) is 13.0. The van der Waals surface area contributed by atoms with E-state index in [4.69, 9.17) is 4.74 Å². The van der Waals surface area contributed by atoms with Gasteiger partial charge in [-0.2, -0.15) is 4.98 Å². The summed E-state index contributed by atoms with van der Waals surface area (Å²) < 4.78 is 19.5. The van der Waals surface area contributed by atoms with E-state index in [9.17, 15) is 4.39 Å². The molecule has 4 heterocycles. The molecular formula is C16H26Cl2FN5O. The van der Waals surface area contributed by atoms with Crippen molar-refractivity contribution in [3.8, 4) is 0 Å². The molecule has 3 fully saturated rings. The first-order valence-corrected chi connectivity index (χ1v) is 8.65. The molecule has 0 amide bonds. The topological polar surface area (TPSA) is 53.5 Å². The fourth-order valence-electron chi connectivity index (χ4n) is 3.93. The van der Waals surface area contributed by atoms with E-state index in [2.05, 4.69) is 20.2 Å². The highest BCUT2D eigenvalue weighted by Crippen LogP contribution is 2.28. The molecule has 0 saturated carbocycles. The zero-order valence-corrected chi connectivity index (χ0v) is 15.8. The Morgan fingerprint density at radius 2 is 1.92 bits per heavy atom. The predicted octanol–water partition coefficient (Wildman–Crippen LogP) is 1.87. The minimum Gasteiger partial charge on any atom is -0.378 e. The second kappa shape index (κ2) is 9.16. The van der Waals surface area contributed by atoms with Crippen LogP contribution < -0.4 is 15.1 Å². The van der Waals surface area contributed by atoms with Crippen LogP contribution in [0.4, 0.5) is 16.2 Å². The molecule has 25 heavy (non-hydrogen) atoms. The first kappa shape index (κ1) is 20.4. The first-order chi connectivity index (χ1) is 11.3. The molecule has 0 radical (unpaired) electrons. The summed E-state index contributed by atoms with van der Waals surface area (Å²) >= 11 is 0. The molecule has 4 rings (SSSR count). The van der Waals surface area contributed by atoms with Gasteiger partial charge in [0.15, 0.2) is 11.6 Å². The van der Waals surface area contributed by atoms with Crippen molar-refractivity contribution in [2.75, 3.05) is 55.7 Å². The number of morpholine rings is 1. The third-order valence-electron chi connectivity index (χ3n) is 5.20. The third-order valence-corrected chi connectivity index (χ3v) is 5.20. The van der Waals surface area contributed by atoms with Gasteiger partial charge in [0.2, 0.25) is 5.95 Å². The maximum atomic E-state index is 14.2. The molecule has 1 aromatic heterocycles. The second-order valence-corrected chi connectivity index (χ2v) is 6.64. The molecule has 0 unspecified atom stereocenters. The molecular weight excluding hydrogens is 368 g/mol. The lowest BCUT2D eigenvalue weighted by Crippen LogP contribution is -2.52. The molecule has 3 saturated heterocycles. The van der Waals surface area contributed by atoms with Gasteiger partial charge in [0, 0.05) is 32.2 Å². The van der Waals surface area contributed by atoms with Crippen molar-refractivity contribution in [2.45, 2.75) is 25.3 Å². The molecule has 0 aromatic carbocycles. The summed E-state index contributed by atoms with van der Waals surface area (Å²) in [5.74, 6) is 1.39. The molecule has 1 N–H and O–H groups in total. The lowest BCUT2D eigenvalue weighted by Gasteiger charge is -2.42. The Kier molecular flexibility index (Phi) is 7.49. The Balaban J connectivity index is 0.00000113. The van der Waals surface area contributed by atoms with Gasteiger partial charge in [0.05, 0.1) is 19.4 Å². The maximum absolute atomic E-state index is 14.2. The van der Waals surface area contributed by atoms with Gasteiger partial charge >= 0.3 is 0 Å². The molecule has 2 atom stereocenters. The molecule has 1 aromatic rings. The Labute approximate surface area is 160 Å². The normalized spacial score (nSPS) is 26.3. The number of fused-ring (bicyclic) bond motifs is 1. The van der Waals surface area contributed by atoms with Crippen molar-refractivity contribution in [3.63, 3.8) is 0 Å². The highest BCUT2D eigenvalue weighted by atomic mass is 35.5. The smallest absolute Gasteiger partial charge is 0.227 e. The van der Waals surface area contributed by atoms with Gasteiger partial charge in [0.25, 0.3) is 0 Å². The number of nitrogens with zero attached hydrogens (tertiary/aromatic N) is 4. The SMILES string of the molecule is Cl.Cl.Fc1cnc(N2CC[C@@H]3NCCC[C@@H]3C2)nc1N1CCOCC1. The van der Waals surface area contributed by atoms with Crippen LogP contribution >= 0.6 is 24.8 Å². The van der Waals surface area contributed by atoms with Crippen molar-refractivity contribution in [1.82, 2.24) is 15.3 Å². The van der Waals surface area contributed by atoms with E-state index in [1.165, 1.54) is 19.0 Å². The number of anilines is 2. The lowest BCUT2D eigenvalue weighted by molar-refractivity contribution is 0.122. The third kappa shape index (κ3) is 4.45. The fourth-order valence-corrected chi connectivity index (χ4v) is 3.93. The van der Waals surface area contributed by atoms with Crippen LogP contribution in [0.3, 0.4) is 0 Å². The number of hydrogen-bond donors (Lipinski definition) is 1. The van der Waals surface area contributed by atoms with E-state index in [-0.39, 0.29) is 30.6 Å². The molecule has 0 aliphatic carbocycles. The Hall–Kier alpha value is -0.890. The Morgan fingerprint density at radius 3 is 2.72 bits per heavy atom. The number of piperidine rings is 2. The molecule has 3 aliphatic heterocycles. The van der Waals surface area contributed by atoms with Crippen LogP contribution in [0.2, 0.25) is 0 Å². The highest BCUT2D eigenvalue weighted by Gasteiger charge is 2.32. The second-order valence-electron chi connectivity index (χ2n) is 6.64. The largest absolute Gasteiger partial charge is 0.378 e. The van der Waals surface area contributed by atoms with Gasteiger partial charge in [-0.05, 0) is 31.7 Å². The van der Waals surface area contributed by atoms with E-state index in [0.29, 0.717) is 50.0 Å². The van der Waals surface area contributed by atoms with Crippen LogP contribution in [0, 0.1) is 11.7 Å². The minimum absolute atomic E-state index is 0. The van der Waals surface area contributed by atoms with Gasteiger partial charge in [-0.15, -0.1) is 24.8 Å². The van der Waals surface area contributed by atoms with E-state index >= 15 is 0 Å². The van der Waals surface area contributed by atoms with Gasteiger partial charge in [-0.25, -0.2) is 9.37 Å². The van der Waals surface area contributed by atoms with E-state index in [0.717, 1.165) is 26.1 Å². The zero-order chi connectivity index (χ0) is 15.6. The number of nitrogens with one attached hydrogen (secondary N) is 1. The average Bonchev–Trinajstić information content (AvgIpc) is 2.62. The molecule has 142 valence electrons. The number of halogens is 3. The molecule has 9 heteroatoms.